The van der Waals surface area contributed by atoms with E-state index in [4.69, 9.17) is 4.98 Å². The maximum Gasteiger partial charge on any atom is 0.335 e. The fourth-order valence-corrected chi connectivity index (χ4v) is 4.73. The largest absolute Gasteiger partial charge is 0.478 e. The number of imidazole rings is 1. The SMILES string of the molecule is O=C(O)c1ccc(-c2c(-c3ccccc3)ncn2C2CN3CCC2CC3)cc1. The first-order chi connectivity index (χ1) is 13.7. The van der Waals surface area contributed by atoms with Crippen LogP contribution in [-0.2, 0) is 0 Å². The summed E-state index contributed by atoms with van der Waals surface area (Å²) in [6.07, 6.45) is 4.46. The molecule has 0 radical (unpaired) electrons. The van der Waals surface area contributed by atoms with E-state index in [1.165, 1.54) is 25.9 Å². The molecule has 0 aliphatic carbocycles. The zero-order valence-electron chi connectivity index (χ0n) is 15.7. The van der Waals surface area contributed by atoms with Crippen molar-refractivity contribution in [2.75, 3.05) is 19.6 Å². The van der Waals surface area contributed by atoms with Gasteiger partial charge in [0.25, 0.3) is 0 Å². The lowest BCUT2D eigenvalue weighted by molar-refractivity contribution is 0.0577. The third-order valence-corrected chi connectivity index (χ3v) is 6.23. The van der Waals surface area contributed by atoms with E-state index in [0.717, 1.165) is 29.1 Å². The number of carboxylic acids is 1. The zero-order valence-corrected chi connectivity index (χ0v) is 15.7. The lowest BCUT2D eigenvalue weighted by Crippen LogP contribution is -2.48. The molecule has 28 heavy (non-hydrogen) atoms. The standard InChI is InChI=1S/C23H23N3O2/c27-23(28)19-8-6-18(7-9-19)22-21(17-4-2-1-3-5-17)24-15-26(22)20-14-25-12-10-16(20)11-13-25/h1-9,15-16,20H,10-14H2,(H,27,28). The molecule has 2 aromatic carbocycles. The molecule has 3 aliphatic rings. The Morgan fingerprint density at radius 1 is 0.964 bits per heavy atom. The van der Waals surface area contributed by atoms with Gasteiger partial charge >= 0.3 is 5.97 Å². The first-order valence-corrected chi connectivity index (χ1v) is 9.89. The highest BCUT2D eigenvalue weighted by Gasteiger charge is 2.36. The second-order valence-corrected chi connectivity index (χ2v) is 7.80. The molecule has 1 atom stereocenters. The number of aromatic carboxylic acids is 1. The van der Waals surface area contributed by atoms with Crippen molar-refractivity contribution in [3.05, 3.63) is 66.5 Å². The minimum absolute atomic E-state index is 0.305. The lowest BCUT2D eigenvalue weighted by Gasteiger charge is -2.45. The smallest absolute Gasteiger partial charge is 0.335 e. The van der Waals surface area contributed by atoms with E-state index in [9.17, 15) is 9.90 Å². The molecular formula is C23H23N3O2. The summed E-state index contributed by atoms with van der Waals surface area (Å²) in [5.41, 5.74) is 4.44. The first kappa shape index (κ1) is 17.2. The van der Waals surface area contributed by atoms with Crippen molar-refractivity contribution < 1.29 is 9.90 Å². The van der Waals surface area contributed by atoms with E-state index in [1.807, 2.05) is 36.7 Å². The van der Waals surface area contributed by atoms with Gasteiger partial charge in [-0.05, 0) is 44.0 Å². The molecule has 5 heteroatoms. The fraction of sp³-hybridized carbons (Fsp3) is 0.304. The van der Waals surface area contributed by atoms with Crippen LogP contribution in [0.3, 0.4) is 0 Å². The van der Waals surface area contributed by atoms with Crippen molar-refractivity contribution in [3.63, 3.8) is 0 Å². The van der Waals surface area contributed by atoms with Crippen molar-refractivity contribution in [2.45, 2.75) is 18.9 Å². The fourth-order valence-electron chi connectivity index (χ4n) is 4.73. The van der Waals surface area contributed by atoms with Crippen LogP contribution in [0.5, 0.6) is 0 Å². The van der Waals surface area contributed by atoms with Crippen LogP contribution in [0.1, 0.15) is 29.2 Å². The van der Waals surface area contributed by atoms with E-state index in [0.29, 0.717) is 17.5 Å². The average Bonchev–Trinajstić information content (AvgIpc) is 3.20. The summed E-state index contributed by atoms with van der Waals surface area (Å²) >= 11 is 0. The molecule has 0 saturated carbocycles. The summed E-state index contributed by atoms with van der Waals surface area (Å²) in [6, 6.07) is 17.8. The molecule has 2 bridgehead atoms. The van der Waals surface area contributed by atoms with Gasteiger partial charge in [0.2, 0.25) is 0 Å². The molecule has 142 valence electrons. The van der Waals surface area contributed by atoms with Crippen LogP contribution < -0.4 is 0 Å². The maximum absolute atomic E-state index is 11.3. The number of piperidine rings is 3. The molecule has 5 nitrogen and oxygen atoms in total. The number of fused-ring (bicyclic) bond motifs is 3. The average molecular weight is 373 g/mol. The van der Waals surface area contributed by atoms with E-state index in [-0.39, 0.29) is 0 Å². The maximum atomic E-state index is 11.3. The van der Waals surface area contributed by atoms with Gasteiger partial charge in [-0.2, -0.15) is 0 Å². The third kappa shape index (κ3) is 2.92. The number of carboxylic acid groups (broad SMARTS) is 1. The van der Waals surface area contributed by atoms with Crippen LogP contribution >= 0.6 is 0 Å². The molecular weight excluding hydrogens is 350 g/mol. The molecule has 1 N–H and O–H groups in total. The molecule has 3 aromatic rings. The minimum Gasteiger partial charge on any atom is -0.478 e. The van der Waals surface area contributed by atoms with Gasteiger partial charge in [0.1, 0.15) is 0 Å². The van der Waals surface area contributed by atoms with Gasteiger partial charge in [-0.25, -0.2) is 9.78 Å². The van der Waals surface area contributed by atoms with Gasteiger partial charge in [-0.3, -0.25) is 0 Å². The summed E-state index contributed by atoms with van der Waals surface area (Å²) < 4.78 is 2.34. The Hall–Kier alpha value is -2.92. The van der Waals surface area contributed by atoms with E-state index in [2.05, 4.69) is 21.6 Å². The number of aromatic nitrogens is 2. The second kappa shape index (κ2) is 6.91. The normalized spacial score (nSPS) is 23.6. The number of hydrogen-bond donors (Lipinski definition) is 1. The number of rotatable bonds is 4. The van der Waals surface area contributed by atoms with Crippen molar-refractivity contribution in [1.29, 1.82) is 0 Å². The topological polar surface area (TPSA) is 58.4 Å². The molecule has 6 rings (SSSR count). The Morgan fingerprint density at radius 2 is 1.68 bits per heavy atom. The van der Waals surface area contributed by atoms with Gasteiger partial charge in [0.05, 0.1) is 29.3 Å². The summed E-state index contributed by atoms with van der Waals surface area (Å²) in [5.74, 6) is -0.222. The molecule has 1 unspecified atom stereocenters. The summed E-state index contributed by atoms with van der Waals surface area (Å²) in [6.45, 7) is 3.46. The van der Waals surface area contributed by atoms with Crippen molar-refractivity contribution >= 4 is 5.97 Å². The Labute approximate surface area is 164 Å². The minimum atomic E-state index is -0.902. The van der Waals surface area contributed by atoms with E-state index in [1.54, 1.807) is 12.1 Å². The predicted octanol–water partition coefficient (Wildman–Crippen LogP) is 4.18. The van der Waals surface area contributed by atoms with Crippen LogP contribution in [0.2, 0.25) is 0 Å². The van der Waals surface area contributed by atoms with E-state index < -0.39 is 5.97 Å². The number of nitrogens with zero attached hydrogens (tertiary/aromatic N) is 3. The van der Waals surface area contributed by atoms with Crippen molar-refractivity contribution in [1.82, 2.24) is 14.5 Å². The van der Waals surface area contributed by atoms with Gasteiger partial charge in [-0.15, -0.1) is 0 Å². The molecule has 0 spiro atoms. The first-order valence-electron chi connectivity index (χ1n) is 9.89. The molecule has 0 amide bonds. The number of benzene rings is 2. The van der Waals surface area contributed by atoms with Gasteiger partial charge in [-0.1, -0.05) is 42.5 Å². The van der Waals surface area contributed by atoms with E-state index >= 15 is 0 Å². The molecule has 4 heterocycles. The molecule has 3 fully saturated rings. The molecule has 3 aliphatic heterocycles. The second-order valence-electron chi connectivity index (χ2n) is 7.80. The Bertz CT molecular complexity index is 986. The van der Waals surface area contributed by atoms with Crippen LogP contribution in [0.15, 0.2) is 60.9 Å². The Kier molecular flexibility index (Phi) is 4.24. The van der Waals surface area contributed by atoms with Crippen LogP contribution in [-0.4, -0.2) is 45.2 Å². The highest BCUT2D eigenvalue weighted by atomic mass is 16.4. The summed E-state index contributed by atoms with van der Waals surface area (Å²) in [7, 11) is 0. The van der Waals surface area contributed by atoms with Gasteiger partial charge < -0.3 is 14.6 Å². The number of hydrogen-bond acceptors (Lipinski definition) is 3. The van der Waals surface area contributed by atoms with Crippen LogP contribution in [0.25, 0.3) is 22.5 Å². The summed E-state index contributed by atoms with van der Waals surface area (Å²) in [4.78, 5) is 18.6. The quantitative estimate of drug-likeness (QED) is 0.745. The van der Waals surface area contributed by atoms with Crippen LogP contribution in [0, 0.1) is 5.92 Å². The highest BCUT2D eigenvalue weighted by molar-refractivity contribution is 5.89. The van der Waals surface area contributed by atoms with Gasteiger partial charge in [0, 0.05) is 17.7 Å². The Morgan fingerprint density at radius 3 is 2.29 bits per heavy atom. The summed E-state index contributed by atoms with van der Waals surface area (Å²) in [5, 5.41) is 9.25. The number of carbonyl (C=O) groups is 1. The zero-order chi connectivity index (χ0) is 19.1. The highest BCUT2D eigenvalue weighted by Crippen LogP contribution is 2.40. The third-order valence-electron chi connectivity index (χ3n) is 6.23. The molecule has 3 saturated heterocycles. The van der Waals surface area contributed by atoms with Crippen LogP contribution in [0.4, 0.5) is 0 Å². The van der Waals surface area contributed by atoms with Crippen molar-refractivity contribution in [2.24, 2.45) is 5.92 Å². The van der Waals surface area contributed by atoms with Crippen molar-refractivity contribution in [3.8, 4) is 22.5 Å². The molecule has 1 aromatic heterocycles. The Balaban J connectivity index is 1.64. The lowest BCUT2D eigenvalue weighted by atomic mass is 9.83. The van der Waals surface area contributed by atoms with Gasteiger partial charge in [0.15, 0.2) is 0 Å². The predicted molar refractivity (Wildman–Crippen MR) is 108 cm³/mol. The monoisotopic (exact) mass is 373 g/mol.